The van der Waals surface area contributed by atoms with Crippen LogP contribution in [-0.4, -0.2) is 30.0 Å². The lowest BCUT2D eigenvalue weighted by Gasteiger charge is -2.40. The maximum absolute atomic E-state index is 13.3. The van der Waals surface area contributed by atoms with Crippen LogP contribution >= 0.6 is 11.5 Å². The van der Waals surface area contributed by atoms with Crippen molar-refractivity contribution in [2.24, 2.45) is 5.41 Å². The van der Waals surface area contributed by atoms with E-state index >= 15 is 0 Å². The van der Waals surface area contributed by atoms with Crippen LogP contribution in [0.25, 0.3) is 21.3 Å². The molecular formula is C25H28N4O3S. The van der Waals surface area contributed by atoms with E-state index in [4.69, 9.17) is 4.37 Å². The highest BCUT2D eigenvalue weighted by atomic mass is 32.1. The minimum Gasteiger partial charge on any atom is -0.481 e. The van der Waals surface area contributed by atoms with Gasteiger partial charge in [-0.15, -0.1) is 0 Å². The third-order valence-electron chi connectivity index (χ3n) is 7.20. The topological polar surface area (TPSA) is 101 Å². The van der Waals surface area contributed by atoms with Crippen molar-refractivity contribution in [2.75, 3.05) is 0 Å². The number of aromatic amines is 1. The molecule has 5 rings (SSSR count). The first kappa shape index (κ1) is 21.8. The van der Waals surface area contributed by atoms with E-state index in [9.17, 15) is 14.7 Å². The van der Waals surface area contributed by atoms with Crippen molar-refractivity contribution in [3.63, 3.8) is 0 Å². The Balaban J connectivity index is 1.75. The fourth-order valence-corrected chi connectivity index (χ4v) is 6.62. The van der Waals surface area contributed by atoms with E-state index in [1.165, 1.54) is 17.1 Å². The number of H-pyrrole nitrogens is 1. The highest BCUT2D eigenvalue weighted by Gasteiger charge is 2.49. The molecule has 1 aliphatic rings. The summed E-state index contributed by atoms with van der Waals surface area (Å²) in [6.45, 7) is 6.01. The predicted octanol–water partition coefficient (Wildman–Crippen LogP) is 5.08. The van der Waals surface area contributed by atoms with Crippen LogP contribution in [0.3, 0.4) is 0 Å². The monoisotopic (exact) mass is 464 g/mol. The SMILES string of the molecule is Cc1cc(C)c2c(CC(n3c(=O)[nH]c4ccc(C)nc43)C3(C(=O)O)CCCCC3)nsc2c1. The standard InChI is InChI=1S/C25H28N4O3S/c1-14-11-15(2)21-18(28-33-19(21)12-14)13-20(25(23(30)31)9-5-4-6-10-25)29-22-17(27-24(29)32)8-7-16(3)26-22/h7-8,11-12,20H,4-6,9-10,13H2,1-3H3,(H,27,32)(H,30,31). The minimum absolute atomic E-state index is 0.314. The van der Waals surface area contributed by atoms with E-state index in [1.54, 1.807) is 4.57 Å². The Morgan fingerprint density at radius 2 is 1.97 bits per heavy atom. The van der Waals surface area contributed by atoms with Gasteiger partial charge in [0.15, 0.2) is 5.65 Å². The first-order valence-electron chi connectivity index (χ1n) is 11.5. The summed E-state index contributed by atoms with van der Waals surface area (Å²) in [6.07, 6.45) is 4.14. The van der Waals surface area contributed by atoms with Crippen molar-refractivity contribution in [3.8, 4) is 0 Å². The molecule has 0 bridgehead atoms. The van der Waals surface area contributed by atoms with Gasteiger partial charge in [0.05, 0.1) is 27.4 Å². The quantitative estimate of drug-likeness (QED) is 0.429. The molecule has 0 radical (unpaired) electrons. The van der Waals surface area contributed by atoms with Gasteiger partial charge in [-0.25, -0.2) is 9.78 Å². The number of aliphatic carboxylic acids is 1. The maximum atomic E-state index is 13.3. The van der Waals surface area contributed by atoms with Gasteiger partial charge in [-0.1, -0.05) is 25.3 Å². The van der Waals surface area contributed by atoms with Gasteiger partial charge in [-0.05, 0) is 74.5 Å². The summed E-state index contributed by atoms with van der Waals surface area (Å²) in [6, 6.07) is 7.36. The highest BCUT2D eigenvalue weighted by molar-refractivity contribution is 7.13. The molecule has 4 aromatic rings. The lowest BCUT2D eigenvalue weighted by atomic mass is 9.67. The zero-order valence-electron chi connectivity index (χ0n) is 19.1. The van der Waals surface area contributed by atoms with Gasteiger partial charge in [-0.2, -0.15) is 4.37 Å². The second-order valence-electron chi connectivity index (χ2n) is 9.45. The Morgan fingerprint density at radius 3 is 2.70 bits per heavy atom. The summed E-state index contributed by atoms with van der Waals surface area (Å²) in [5, 5.41) is 11.6. The number of aryl methyl sites for hydroxylation is 3. The average molecular weight is 465 g/mol. The molecule has 0 saturated heterocycles. The van der Waals surface area contributed by atoms with Gasteiger partial charge in [0.25, 0.3) is 0 Å². The lowest BCUT2D eigenvalue weighted by molar-refractivity contribution is -0.154. The van der Waals surface area contributed by atoms with Crippen molar-refractivity contribution < 1.29 is 9.90 Å². The summed E-state index contributed by atoms with van der Waals surface area (Å²) >= 11 is 1.44. The van der Waals surface area contributed by atoms with Crippen LogP contribution in [0, 0.1) is 26.2 Å². The summed E-state index contributed by atoms with van der Waals surface area (Å²) in [5.41, 5.74) is 3.73. The summed E-state index contributed by atoms with van der Waals surface area (Å²) in [7, 11) is 0. The molecule has 172 valence electrons. The van der Waals surface area contributed by atoms with E-state index < -0.39 is 17.4 Å². The second-order valence-corrected chi connectivity index (χ2v) is 10.3. The van der Waals surface area contributed by atoms with Crippen LogP contribution in [0.15, 0.2) is 29.1 Å². The number of hydrogen-bond donors (Lipinski definition) is 2. The van der Waals surface area contributed by atoms with Crippen LogP contribution in [0.4, 0.5) is 0 Å². The van der Waals surface area contributed by atoms with E-state index in [2.05, 4.69) is 35.9 Å². The molecule has 1 fully saturated rings. The molecule has 1 aromatic carbocycles. The number of benzene rings is 1. The van der Waals surface area contributed by atoms with Crippen molar-refractivity contribution in [1.29, 1.82) is 0 Å². The third-order valence-corrected chi connectivity index (χ3v) is 8.03. The molecule has 3 heterocycles. The molecule has 1 aliphatic carbocycles. The van der Waals surface area contributed by atoms with Crippen LogP contribution in [0.2, 0.25) is 0 Å². The van der Waals surface area contributed by atoms with Crippen LogP contribution < -0.4 is 5.69 Å². The van der Waals surface area contributed by atoms with E-state index in [0.717, 1.165) is 46.3 Å². The smallest absolute Gasteiger partial charge is 0.327 e. The highest BCUT2D eigenvalue weighted by Crippen LogP contribution is 2.47. The van der Waals surface area contributed by atoms with Crippen molar-refractivity contribution in [2.45, 2.75) is 65.3 Å². The van der Waals surface area contributed by atoms with Gasteiger partial charge in [-0.3, -0.25) is 9.36 Å². The molecule has 3 aromatic heterocycles. The van der Waals surface area contributed by atoms with Crippen LogP contribution in [-0.2, 0) is 11.2 Å². The number of carboxylic acids is 1. The predicted molar refractivity (Wildman–Crippen MR) is 130 cm³/mol. The van der Waals surface area contributed by atoms with E-state index in [-0.39, 0.29) is 5.69 Å². The van der Waals surface area contributed by atoms with Gasteiger partial charge in [0, 0.05) is 17.5 Å². The fraction of sp³-hybridized carbons (Fsp3) is 0.440. The maximum Gasteiger partial charge on any atom is 0.327 e. The number of hydrogen-bond acceptors (Lipinski definition) is 5. The molecule has 0 amide bonds. The Hall–Kier alpha value is -3.00. The molecule has 33 heavy (non-hydrogen) atoms. The van der Waals surface area contributed by atoms with Crippen LogP contribution in [0.1, 0.15) is 60.7 Å². The normalized spacial score (nSPS) is 16.9. The van der Waals surface area contributed by atoms with Crippen molar-refractivity contribution in [3.05, 3.63) is 57.3 Å². The third kappa shape index (κ3) is 3.57. The number of carboxylic acid groups (broad SMARTS) is 1. The number of imidazole rings is 1. The minimum atomic E-state index is -1.04. The molecule has 1 unspecified atom stereocenters. The Morgan fingerprint density at radius 1 is 1.21 bits per heavy atom. The number of carbonyl (C=O) groups is 1. The summed E-state index contributed by atoms with van der Waals surface area (Å²) < 4.78 is 7.46. The number of aromatic nitrogens is 4. The summed E-state index contributed by atoms with van der Waals surface area (Å²) in [4.78, 5) is 33.7. The van der Waals surface area contributed by atoms with E-state index in [1.807, 2.05) is 19.1 Å². The van der Waals surface area contributed by atoms with Gasteiger partial charge < -0.3 is 10.1 Å². The first-order valence-corrected chi connectivity index (χ1v) is 12.2. The number of pyridine rings is 1. The molecule has 2 N–H and O–H groups in total. The largest absolute Gasteiger partial charge is 0.481 e. The Kier molecular flexibility index (Phi) is 5.35. The first-order chi connectivity index (χ1) is 15.8. The molecule has 8 heteroatoms. The number of nitrogens with one attached hydrogen (secondary N) is 1. The zero-order valence-corrected chi connectivity index (χ0v) is 20.0. The Bertz CT molecular complexity index is 1420. The van der Waals surface area contributed by atoms with Gasteiger partial charge >= 0.3 is 11.7 Å². The van der Waals surface area contributed by atoms with Gasteiger partial charge in [0.1, 0.15) is 0 Å². The zero-order chi connectivity index (χ0) is 23.3. The average Bonchev–Trinajstić information content (AvgIpc) is 3.32. The van der Waals surface area contributed by atoms with Crippen LogP contribution in [0.5, 0.6) is 0 Å². The van der Waals surface area contributed by atoms with Crippen molar-refractivity contribution >= 4 is 38.8 Å². The molecule has 7 nitrogen and oxygen atoms in total. The molecule has 0 aliphatic heterocycles. The van der Waals surface area contributed by atoms with E-state index in [0.29, 0.717) is 30.4 Å². The number of fused-ring (bicyclic) bond motifs is 2. The summed E-state index contributed by atoms with van der Waals surface area (Å²) in [5.74, 6) is -0.840. The second kappa shape index (κ2) is 8.09. The Labute approximate surface area is 195 Å². The number of rotatable bonds is 5. The molecule has 1 atom stereocenters. The molecule has 0 spiro atoms. The molecule has 1 saturated carbocycles. The lowest BCUT2D eigenvalue weighted by Crippen LogP contribution is -2.45. The fourth-order valence-electron chi connectivity index (χ4n) is 5.63. The van der Waals surface area contributed by atoms with Gasteiger partial charge in [0.2, 0.25) is 0 Å². The number of nitrogens with zero attached hydrogens (tertiary/aromatic N) is 3. The molecular weight excluding hydrogens is 436 g/mol. The van der Waals surface area contributed by atoms with Crippen molar-refractivity contribution in [1.82, 2.24) is 18.9 Å².